The molecule has 0 N–H and O–H groups in total. The molecule has 0 saturated carbocycles. The second-order valence-electron chi connectivity index (χ2n) is 13.9. The highest BCUT2D eigenvalue weighted by atomic mass is 15.1. The predicted molar refractivity (Wildman–Crippen MR) is 237 cm³/mol. The highest BCUT2D eigenvalue weighted by molar-refractivity contribution is 6.05. The van der Waals surface area contributed by atoms with Crippen LogP contribution in [0.5, 0.6) is 0 Å². The highest BCUT2D eigenvalue weighted by Gasteiger charge is 2.17. The summed E-state index contributed by atoms with van der Waals surface area (Å²) in [7, 11) is 0. The van der Waals surface area contributed by atoms with Crippen molar-refractivity contribution in [2.45, 2.75) is 13.8 Å². The summed E-state index contributed by atoms with van der Waals surface area (Å²) in [6, 6.07) is 71.7. The fourth-order valence-electron chi connectivity index (χ4n) is 7.17. The molecule has 1 nitrogen and oxygen atoms in total. The SMILES string of the molecule is Cc1ccc(C(=Cc2ccc(N(c3ccccc3)c3ccc(C=CC=C(c4ccccc4)c4ccccc4)cc3)c3ccccc23)c2ccc(C)cc2)cc1. The first-order valence-electron chi connectivity index (χ1n) is 18.9. The Hall–Kier alpha value is -6.96. The first-order valence-corrected chi connectivity index (χ1v) is 18.9. The van der Waals surface area contributed by atoms with E-state index in [9.17, 15) is 0 Å². The van der Waals surface area contributed by atoms with Crippen molar-refractivity contribution in [3.8, 4) is 0 Å². The number of fused-ring (bicyclic) bond motifs is 1. The van der Waals surface area contributed by atoms with Gasteiger partial charge in [0.05, 0.1) is 5.69 Å². The van der Waals surface area contributed by atoms with E-state index in [4.69, 9.17) is 0 Å². The van der Waals surface area contributed by atoms with E-state index in [1.807, 2.05) is 0 Å². The number of benzene rings is 8. The largest absolute Gasteiger partial charge is 0.310 e. The van der Waals surface area contributed by atoms with Crippen LogP contribution in [0.25, 0.3) is 34.1 Å². The summed E-state index contributed by atoms with van der Waals surface area (Å²) in [5.41, 5.74) is 15.4. The van der Waals surface area contributed by atoms with Crippen molar-refractivity contribution in [2.75, 3.05) is 4.90 Å². The maximum absolute atomic E-state index is 2.37. The van der Waals surface area contributed by atoms with E-state index in [2.05, 4.69) is 243 Å². The summed E-state index contributed by atoms with van der Waals surface area (Å²) in [6.45, 7) is 4.28. The van der Waals surface area contributed by atoms with Gasteiger partial charge in [0.15, 0.2) is 0 Å². The van der Waals surface area contributed by atoms with Gasteiger partial charge in [-0.3, -0.25) is 0 Å². The molecule has 0 aromatic heterocycles. The first-order chi connectivity index (χ1) is 27.1. The van der Waals surface area contributed by atoms with E-state index in [0.717, 1.165) is 22.6 Å². The van der Waals surface area contributed by atoms with Gasteiger partial charge in [-0.2, -0.15) is 0 Å². The van der Waals surface area contributed by atoms with Gasteiger partial charge in [-0.05, 0) is 100 Å². The number of aryl methyl sites for hydroxylation is 2. The van der Waals surface area contributed by atoms with E-state index < -0.39 is 0 Å². The van der Waals surface area contributed by atoms with Crippen LogP contribution in [0.15, 0.2) is 212 Å². The third-order valence-corrected chi connectivity index (χ3v) is 10.1. The molecule has 0 unspecified atom stereocenters. The minimum absolute atomic E-state index is 1.10. The second kappa shape index (κ2) is 16.4. The Balaban J connectivity index is 1.18. The molecule has 0 atom stereocenters. The van der Waals surface area contributed by atoms with E-state index in [-0.39, 0.29) is 0 Å². The summed E-state index contributed by atoms with van der Waals surface area (Å²) in [4.78, 5) is 2.37. The molecule has 8 rings (SSSR count). The van der Waals surface area contributed by atoms with Crippen molar-refractivity contribution >= 4 is 51.1 Å². The number of hydrogen-bond donors (Lipinski definition) is 0. The zero-order chi connectivity index (χ0) is 37.4. The Morgan fingerprint density at radius 3 is 1.44 bits per heavy atom. The molecule has 8 aromatic rings. The summed E-state index contributed by atoms with van der Waals surface area (Å²) < 4.78 is 0. The molecule has 264 valence electrons. The molecule has 0 aliphatic rings. The molecule has 0 bridgehead atoms. The van der Waals surface area contributed by atoms with E-state index >= 15 is 0 Å². The molecule has 0 radical (unpaired) electrons. The van der Waals surface area contributed by atoms with Crippen molar-refractivity contribution in [3.05, 3.63) is 257 Å². The van der Waals surface area contributed by atoms with Gasteiger partial charge in [0.25, 0.3) is 0 Å². The summed E-state index contributed by atoms with van der Waals surface area (Å²) in [6.07, 6.45) is 8.89. The molecule has 0 heterocycles. The molecule has 0 aliphatic heterocycles. The van der Waals surface area contributed by atoms with Gasteiger partial charge in [-0.1, -0.05) is 199 Å². The maximum Gasteiger partial charge on any atom is 0.0540 e. The predicted octanol–water partition coefficient (Wildman–Crippen LogP) is 14.7. The summed E-state index contributed by atoms with van der Waals surface area (Å²) in [5, 5.41) is 2.40. The van der Waals surface area contributed by atoms with Gasteiger partial charge < -0.3 is 4.90 Å². The lowest BCUT2D eigenvalue weighted by Crippen LogP contribution is -2.10. The Morgan fingerprint density at radius 1 is 0.400 bits per heavy atom. The maximum atomic E-state index is 2.37. The number of allylic oxidation sites excluding steroid dienone is 2. The molecule has 55 heavy (non-hydrogen) atoms. The average Bonchev–Trinajstić information content (AvgIpc) is 3.24. The lowest BCUT2D eigenvalue weighted by molar-refractivity contribution is 1.29. The van der Waals surface area contributed by atoms with Crippen molar-refractivity contribution in [1.82, 2.24) is 0 Å². The molecule has 0 amide bonds. The van der Waals surface area contributed by atoms with Crippen LogP contribution < -0.4 is 4.90 Å². The van der Waals surface area contributed by atoms with Gasteiger partial charge in [0, 0.05) is 16.8 Å². The molecular weight excluding hydrogens is 663 g/mol. The van der Waals surface area contributed by atoms with Gasteiger partial charge in [0.2, 0.25) is 0 Å². The zero-order valence-electron chi connectivity index (χ0n) is 31.3. The molecular formula is C54H43N. The van der Waals surface area contributed by atoms with Crippen molar-refractivity contribution < 1.29 is 0 Å². The second-order valence-corrected chi connectivity index (χ2v) is 13.9. The Kier molecular flexibility index (Phi) is 10.4. The Morgan fingerprint density at radius 2 is 0.873 bits per heavy atom. The van der Waals surface area contributed by atoms with Gasteiger partial charge in [-0.25, -0.2) is 0 Å². The number of nitrogens with zero attached hydrogens (tertiary/aromatic N) is 1. The highest BCUT2D eigenvalue weighted by Crippen LogP contribution is 2.41. The molecule has 0 saturated heterocycles. The van der Waals surface area contributed by atoms with Crippen LogP contribution in [0.1, 0.15) is 44.5 Å². The van der Waals surface area contributed by atoms with E-state index in [1.165, 1.54) is 60.9 Å². The smallest absolute Gasteiger partial charge is 0.0540 e. The molecule has 0 spiro atoms. The quantitative estimate of drug-likeness (QED) is 0.101. The fraction of sp³-hybridized carbons (Fsp3) is 0.0370. The minimum Gasteiger partial charge on any atom is -0.310 e. The monoisotopic (exact) mass is 705 g/mol. The topological polar surface area (TPSA) is 3.24 Å². The number of hydrogen-bond acceptors (Lipinski definition) is 1. The molecule has 1 heteroatoms. The van der Waals surface area contributed by atoms with Gasteiger partial charge in [0.1, 0.15) is 0 Å². The van der Waals surface area contributed by atoms with E-state index in [0.29, 0.717) is 0 Å². The number of anilines is 3. The zero-order valence-corrected chi connectivity index (χ0v) is 31.3. The van der Waals surface area contributed by atoms with Crippen molar-refractivity contribution in [1.29, 1.82) is 0 Å². The van der Waals surface area contributed by atoms with Gasteiger partial charge in [-0.15, -0.1) is 0 Å². The number of para-hydroxylation sites is 1. The van der Waals surface area contributed by atoms with Crippen LogP contribution in [-0.2, 0) is 0 Å². The Labute approximate surface area is 325 Å². The molecule has 0 fully saturated rings. The summed E-state index contributed by atoms with van der Waals surface area (Å²) in [5.74, 6) is 0. The Bertz CT molecular complexity index is 2510. The van der Waals surface area contributed by atoms with Crippen LogP contribution in [0.4, 0.5) is 17.1 Å². The average molecular weight is 706 g/mol. The minimum atomic E-state index is 1.10. The standard InChI is InChI=1S/C54H43N/c1-40-25-31-45(32-26-40)53(46-33-27-41(2)28-34-46)39-47-35-38-54(52-23-13-12-22-51(47)52)55(48-20-10-5-11-21-48)49-36-29-42(30-37-49)15-14-24-50(43-16-6-3-7-17-43)44-18-8-4-9-19-44/h3-39H,1-2H3. The molecule has 8 aromatic carbocycles. The van der Waals surface area contributed by atoms with Crippen LogP contribution in [0, 0.1) is 13.8 Å². The first kappa shape index (κ1) is 35.1. The fourth-order valence-corrected chi connectivity index (χ4v) is 7.17. The lowest BCUT2D eigenvalue weighted by Gasteiger charge is -2.27. The normalized spacial score (nSPS) is 11.0. The van der Waals surface area contributed by atoms with Gasteiger partial charge >= 0.3 is 0 Å². The van der Waals surface area contributed by atoms with Crippen LogP contribution >= 0.6 is 0 Å². The van der Waals surface area contributed by atoms with Crippen molar-refractivity contribution in [3.63, 3.8) is 0 Å². The van der Waals surface area contributed by atoms with Crippen LogP contribution in [-0.4, -0.2) is 0 Å². The van der Waals surface area contributed by atoms with Crippen molar-refractivity contribution in [2.24, 2.45) is 0 Å². The number of rotatable bonds is 10. The van der Waals surface area contributed by atoms with E-state index in [1.54, 1.807) is 0 Å². The summed E-state index contributed by atoms with van der Waals surface area (Å²) >= 11 is 0. The third-order valence-electron chi connectivity index (χ3n) is 10.1. The van der Waals surface area contributed by atoms with Crippen LogP contribution in [0.2, 0.25) is 0 Å². The molecule has 0 aliphatic carbocycles. The third kappa shape index (κ3) is 8.03. The lowest BCUT2D eigenvalue weighted by atomic mass is 9.92. The van der Waals surface area contributed by atoms with Crippen LogP contribution in [0.3, 0.4) is 0 Å².